The monoisotopic (exact) mass is 417 g/mol. The second-order valence-electron chi connectivity index (χ2n) is 6.64. The number of carbonyl (C=O) groups is 1. The highest BCUT2D eigenvalue weighted by Gasteiger charge is 2.32. The topological polar surface area (TPSA) is 75.4 Å². The molecule has 0 atom stereocenters. The van der Waals surface area contributed by atoms with Crippen LogP contribution in [0.5, 0.6) is 5.75 Å². The maximum atomic E-state index is 15.2. The average Bonchev–Trinajstić information content (AvgIpc) is 2.65. The second-order valence-corrected chi connectivity index (χ2v) is 7.04. The molecular formula is C20H14ClF2N3O3. The smallest absolute Gasteiger partial charge is 0.261 e. The number of aromatic nitrogens is 2. The number of rotatable bonds is 3. The molecule has 1 amide bonds. The fourth-order valence-electron chi connectivity index (χ4n) is 3.40. The Labute approximate surface area is 168 Å². The van der Waals surface area contributed by atoms with Crippen LogP contribution in [0.2, 0.25) is 5.02 Å². The van der Waals surface area contributed by atoms with Gasteiger partial charge in [0.05, 0.1) is 28.3 Å². The summed E-state index contributed by atoms with van der Waals surface area (Å²) in [5, 5.41) is 9.66. The third-order valence-electron chi connectivity index (χ3n) is 4.95. The van der Waals surface area contributed by atoms with E-state index in [0.717, 1.165) is 6.07 Å². The molecule has 29 heavy (non-hydrogen) atoms. The predicted molar refractivity (Wildman–Crippen MR) is 104 cm³/mol. The van der Waals surface area contributed by atoms with Crippen molar-refractivity contribution in [3.63, 3.8) is 0 Å². The number of carbonyl (C=O) groups excluding carboxylic acids is 1. The average molecular weight is 418 g/mol. The molecule has 0 bridgehead atoms. The molecule has 0 saturated carbocycles. The lowest BCUT2D eigenvalue weighted by Gasteiger charge is -2.39. The molecule has 0 unspecified atom stereocenters. The SMILES string of the molecule is C=CC(=O)N1CC(n2cnc3c(F)c(-c4c(O)cccc4F)c(Cl)cc3c2=O)C1. The number of amides is 1. The molecule has 6 nitrogen and oxygen atoms in total. The van der Waals surface area contributed by atoms with Gasteiger partial charge in [-0.05, 0) is 24.3 Å². The zero-order valence-corrected chi connectivity index (χ0v) is 15.7. The van der Waals surface area contributed by atoms with Crippen molar-refractivity contribution in [2.75, 3.05) is 13.1 Å². The van der Waals surface area contributed by atoms with Crippen LogP contribution in [0.4, 0.5) is 8.78 Å². The molecule has 0 aliphatic carbocycles. The highest BCUT2D eigenvalue weighted by atomic mass is 35.5. The van der Waals surface area contributed by atoms with Crippen molar-refractivity contribution in [3.8, 4) is 16.9 Å². The predicted octanol–water partition coefficient (Wildman–Crippen LogP) is 3.27. The minimum atomic E-state index is -1.01. The minimum absolute atomic E-state index is 0.0805. The van der Waals surface area contributed by atoms with Crippen LogP contribution in [0.25, 0.3) is 22.0 Å². The van der Waals surface area contributed by atoms with Crippen LogP contribution >= 0.6 is 11.6 Å². The van der Waals surface area contributed by atoms with E-state index in [1.807, 2.05) is 0 Å². The maximum absolute atomic E-state index is 15.2. The van der Waals surface area contributed by atoms with Gasteiger partial charge in [-0.2, -0.15) is 0 Å². The van der Waals surface area contributed by atoms with E-state index in [9.17, 15) is 19.1 Å². The lowest BCUT2D eigenvalue weighted by molar-refractivity contribution is -0.131. The number of hydrogen-bond donors (Lipinski definition) is 1. The fraction of sp³-hybridized carbons (Fsp3) is 0.150. The molecule has 148 valence electrons. The highest BCUT2D eigenvalue weighted by molar-refractivity contribution is 6.34. The molecule has 4 rings (SSSR count). The van der Waals surface area contributed by atoms with Gasteiger partial charge < -0.3 is 10.0 Å². The molecule has 1 N–H and O–H groups in total. The number of halogens is 3. The van der Waals surface area contributed by atoms with Gasteiger partial charge in [-0.15, -0.1) is 0 Å². The summed E-state index contributed by atoms with van der Waals surface area (Å²) in [7, 11) is 0. The Morgan fingerprint density at radius 3 is 2.69 bits per heavy atom. The van der Waals surface area contributed by atoms with Gasteiger partial charge in [-0.25, -0.2) is 13.8 Å². The number of nitrogens with zero attached hydrogens (tertiary/aromatic N) is 3. The van der Waals surface area contributed by atoms with Crippen molar-refractivity contribution < 1.29 is 18.7 Å². The Kier molecular flexibility index (Phi) is 4.58. The number of hydrogen-bond acceptors (Lipinski definition) is 4. The number of aromatic hydroxyl groups is 1. The maximum Gasteiger partial charge on any atom is 0.261 e. The molecule has 9 heteroatoms. The van der Waals surface area contributed by atoms with E-state index in [1.54, 1.807) is 0 Å². The van der Waals surface area contributed by atoms with Crippen molar-refractivity contribution in [1.29, 1.82) is 0 Å². The minimum Gasteiger partial charge on any atom is -0.507 e. The summed E-state index contributed by atoms with van der Waals surface area (Å²) in [6.45, 7) is 4.01. The van der Waals surface area contributed by atoms with E-state index in [0.29, 0.717) is 13.1 Å². The normalized spacial score (nSPS) is 14.1. The second kappa shape index (κ2) is 6.97. The van der Waals surface area contributed by atoms with Gasteiger partial charge >= 0.3 is 0 Å². The molecule has 0 radical (unpaired) electrons. The van der Waals surface area contributed by atoms with Crippen LogP contribution in [0.1, 0.15) is 6.04 Å². The Balaban J connectivity index is 1.83. The summed E-state index contributed by atoms with van der Waals surface area (Å²) in [5.74, 6) is -2.60. The largest absolute Gasteiger partial charge is 0.507 e. The van der Waals surface area contributed by atoms with Crippen LogP contribution in [-0.2, 0) is 4.79 Å². The summed E-state index contributed by atoms with van der Waals surface area (Å²) < 4.78 is 30.7. The zero-order valence-electron chi connectivity index (χ0n) is 14.9. The fourth-order valence-corrected chi connectivity index (χ4v) is 3.69. The molecule has 2 heterocycles. The lowest BCUT2D eigenvalue weighted by Crippen LogP contribution is -2.52. The van der Waals surface area contributed by atoms with E-state index >= 15 is 4.39 Å². The van der Waals surface area contributed by atoms with Crippen molar-refractivity contribution >= 4 is 28.4 Å². The van der Waals surface area contributed by atoms with Gasteiger partial charge in [-0.3, -0.25) is 14.2 Å². The lowest BCUT2D eigenvalue weighted by atomic mass is 10.0. The van der Waals surface area contributed by atoms with Crippen molar-refractivity contribution in [2.24, 2.45) is 0 Å². The third-order valence-corrected chi connectivity index (χ3v) is 5.25. The van der Waals surface area contributed by atoms with Gasteiger partial charge in [0.25, 0.3) is 5.56 Å². The molecule has 1 aliphatic rings. The zero-order chi connectivity index (χ0) is 20.9. The van der Waals surface area contributed by atoms with Crippen LogP contribution in [0.3, 0.4) is 0 Å². The number of likely N-dealkylation sites (tertiary alicyclic amines) is 1. The van der Waals surface area contributed by atoms with Crippen molar-refractivity contribution in [2.45, 2.75) is 6.04 Å². The first-order chi connectivity index (χ1) is 13.8. The van der Waals surface area contributed by atoms with Crippen LogP contribution in [0.15, 0.2) is 48.0 Å². The molecule has 1 fully saturated rings. The molecule has 3 aromatic rings. The first-order valence-electron chi connectivity index (χ1n) is 8.61. The number of phenolic OH excluding ortho intramolecular Hbond substituents is 1. The molecular weight excluding hydrogens is 404 g/mol. The highest BCUT2D eigenvalue weighted by Crippen LogP contribution is 2.40. The Morgan fingerprint density at radius 2 is 2.03 bits per heavy atom. The van der Waals surface area contributed by atoms with Crippen LogP contribution in [0, 0.1) is 11.6 Å². The molecule has 1 aliphatic heterocycles. The van der Waals surface area contributed by atoms with E-state index in [4.69, 9.17) is 11.6 Å². The van der Waals surface area contributed by atoms with E-state index in [1.165, 1.54) is 40.1 Å². The number of phenols is 1. The Bertz CT molecular complexity index is 1220. The quantitative estimate of drug-likeness (QED) is 0.664. The van der Waals surface area contributed by atoms with Crippen LogP contribution in [-0.4, -0.2) is 38.6 Å². The summed E-state index contributed by atoms with van der Waals surface area (Å²) >= 11 is 6.16. The Morgan fingerprint density at radius 1 is 1.31 bits per heavy atom. The summed E-state index contributed by atoms with van der Waals surface area (Å²) in [6.07, 6.45) is 2.37. The third kappa shape index (κ3) is 2.96. The number of benzene rings is 2. The summed E-state index contributed by atoms with van der Waals surface area (Å²) in [6, 6.07) is 4.44. The summed E-state index contributed by atoms with van der Waals surface area (Å²) in [4.78, 5) is 29.9. The Hall–Kier alpha value is -3.26. The molecule has 0 spiro atoms. The number of fused-ring (bicyclic) bond motifs is 1. The molecule has 2 aromatic carbocycles. The van der Waals surface area contributed by atoms with Gasteiger partial charge in [0, 0.05) is 18.7 Å². The standard InChI is InChI=1S/C20H14ClF2N3O3/c1-2-15(28)25-7-10(8-25)26-9-24-19-11(20(26)29)6-12(21)16(18(19)23)17-13(22)4-3-5-14(17)27/h2-6,9-10,27H,1,7-8H2. The van der Waals surface area contributed by atoms with Gasteiger partial charge in [0.2, 0.25) is 5.91 Å². The van der Waals surface area contributed by atoms with Crippen molar-refractivity contribution in [3.05, 3.63) is 70.3 Å². The van der Waals surface area contributed by atoms with Gasteiger partial charge in [-0.1, -0.05) is 24.2 Å². The van der Waals surface area contributed by atoms with Crippen molar-refractivity contribution in [1.82, 2.24) is 14.5 Å². The van der Waals surface area contributed by atoms with Crippen LogP contribution < -0.4 is 5.56 Å². The van der Waals surface area contributed by atoms with E-state index in [-0.39, 0.29) is 33.4 Å². The van der Waals surface area contributed by atoms with E-state index < -0.39 is 28.5 Å². The van der Waals surface area contributed by atoms with Gasteiger partial charge in [0.15, 0.2) is 5.82 Å². The molecule has 1 saturated heterocycles. The summed E-state index contributed by atoms with van der Waals surface area (Å²) in [5.41, 5.74) is -1.59. The molecule has 1 aromatic heterocycles. The van der Waals surface area contributed by atoms with Gasteiger partial charge in [0.1, 0.15) is 17.1 Å². The first-order valence-corrected chi connectivity index (χ1v) is 8.99. The first kappa shape index (κ1) is 19.1. The van der Waals surface area contributed by atoms with E-state index in [2.05, 4.69) is 11.6 Å².